The monoisotopic (exact) mass is 291 g/mol. The molecule has 0 spiro atoms. The van der Waals surface area contributed by atoms with Crippen LogP contribution in [0.25, 0.3) is 0 Å². The summed E-state index contributed by atoms with van der Waals surface area (Å²) >= 11 is 0. The van der Waals surface area contributed by atoms with E-state index in [4.69, 9.17) is 18.3 Å². The van der Waals surface area contributed by atoms with Gasteiger partial charge in [0.25, 0.3) is 0 Å². The number of benzene rings is 1. The Kier molecular flexibility index (Phi) is 3.70. The minimum Gasteiger partial charge on any atom is -0.454 e. The third-order valence-corrected chi connectivity index (χ3v) is 3.43. The maximum absolute atomic E-state index is 11.0. The lowest BCUT2D eigenvalue weighted by molar-refractivity contribution is 0.174. The molecule has 6 heteroatoms. The van der Waals surface area contributed by atoms with Crippen molar-refractivity contribution in [2.24, 2.45) is 0 Å². The first kappa shape index (κ1) is 13.8. The lowest BCUT2D eigenvalue weighted by Gasteiger charge is -2.13. The second-order valence-electron chi connectivity index (χ2n) is 5.11. The highest BCUT2D eigenvalue weighted by atomic mass is 16.7. The Labute approximate surface area is 121 Å². The fourth-order valence-corrected chi connectivity index (χ4v) is 2.30. The third-order valence-electron chi connectivity index (χ3n) is 3.43. The summed E-state index contributed by atoms with van der Waals surface area (Å²) in [6.45, 7) is 4.53. The summed E-state index contributed by atoms with van der Waals surface area (Å²) in [7, 11) is 0. The zero-order valence-electron chi connectivity index (χ0n) is 12.0. The summed E-state index contributed by atoms with van der Waals surface area (Å²) in [6, 6.07) is 6.15. The number of nitrogens with one attached hydrogen (secondary N) is 1. The van der Waals surface area contributed by atoms with Crippen molar-refractivity contribution >= 4 is 0 Å². The van der Waals surface area contributed by atoms with E-state index >= 15 is 0 Å². The fraction of sp³-hybridized carbons (Fsp3) is 0.400. The van der Waals surface area contributed by atoms with Gasteiger partial charge in [0.2, 0.25) is 6.79 Å². The standard InChI is InChI=1S/C15H17NO5/c1-9(16-7-14-10(2)20-15(17)21-14)5-11-3-4-12-13(6-11)19-8-18-12/h3-4,6,9,16H,5,7-8H2,1-2H3. The average molecular weight is 291 g/mol. The lowest BCUT2D eigenvalue weighted by Crippen LogP contribution is -2.27. The van der Waals surface area contributed by atoms with Gasteiger partial charge in [-0.2, -0.15) is 0 Å². The molecule has 0 fully saturated rings. The molecular formula is C15H17NO5. The Morgan fingerprint density at radius 1 is 1.24 bits per heavy atom. The van der Waals surface area contributed by atoms with Crippen LogP contribution in [0.4, 0.5) is 0 Å². The highest BCUT2D eigenvalue weighted by molar-refractivity contribution is 5.44. The van der Waals surface area contributed by atoms with E-state index in [-0.39, 0.29) is 12.8 Å². The molecule has 1 N–H and O–H groups in total. The van der Waals surface area contributed by atoms with Crippen molar-refractivity contribution < 1.29 is 18.3 Å². The summed E-state index contributed by atoms with van der Waals surface area (Å²) < 4.78 is 20.4. The van der Waals surface area contributed by atoms with Crippen molar-refractivity contribution in [3.05, 3.63) is 45.9 Å². The van der Waals surface area contributed by atoms with Gasteiger partial charge in [-0.25, -0.2) is 4.79 Å². The lowest BCUT2D eigenvalue weighted by atomic mass is 10.1. The van der Waals surface area contributed by atoms with Gasteiger partial charge in [0.05, 0.1) is 6.54 Å². The maximum Gasteiger partial charge on any atom is 0.519 e. The summed E-state index contributed by atoms with van der Waals surface area (Å²) in [5.41, 5.74) is 1.16. The molecule has 0 bridgehead atoms. The van der Waals surface area contributed by atoms with E-state index in [0.29, 0.717) is 18.1 Å². The minimum absolute atomic E-state index is 0.213. The van der Waals surface area contributed by atoms with Crippen molar-refractivity contribution in [2.45, 2.75) is 32.9 Å². The number of ether oxygens (including phenoxy) is 2. The molecule has 0 amide bonds. The fourth-order valence-electron chi connectivity index (χ4n) is 2.30. The Bertz CT molecular complexity index is 688. The summed E-state index contributed by atoms with van der Waals surface area (Å²) in [6.07, 6.45) is 0.831. The Hall–Kier alpha value is -2.21. The number of hydrogen-bond donors (Lipinski definition) is 1. The molecular weight excluding hydrogens is 274 g/mol. The third kappa shape index (κ3) is 3.11. The van der Waals surface area contributed by atoms with Crippen LogP contribution in [0.15, 0.2) is 31.8 Å². The molecule has 0 aliphatic carbocycles. The van der Waals surface area contributed by atoms with Gasteiger partial charge in [-0.15, -0.1) is 0 Å². The molecule has 2 aromatic rings. The normalized spacial score (nSPS) is 14.4. The van der Waals surface area contributed by atoms with Gasteiger partial charge < -0.3 is 23.6 Å². The molecule has 1 aliphatic heterocycles. The number of aryl methyl sites for hydroxylation is 1. The molecule has 3 rings (SSSR count). The van der Waals surface area contributed by atoms with E-state index in [1.165, 1.54) is 0 Å². The molecule has 0 saturated heterocycles. The van der Waals surface area contributed by atoms with Gasteiger partial charge in [0.15, 0.2) is 17.3 Å². The summed E-state index contributed by atoms with van der Waals surface area (Å²) in [5, 5.41) is 3.30. The Morgan fingerprint density at radius 2 is 2.05 bits per heavy atom. The number of rotatable bonds is 5. The van der Waals surface area contributed by atoms with Crippen molar-refractivity contribution in [2.75, 3.05) is 6.79 Å². The second kappa shape index (κ2) is 5.65. The topological polar surface area (TPSA) is 73.8 Å². The molecule has 112 valence electrons. The first-order chi connectivity index (χ1) is 10.1. The predicted octanol–water partition coefficient (Wildman–Crippen LogP) is 1.99. The molecule has 1 unspecified atom stereocenters. The molecule has 0 radical (unpaired) electrons. The van der Waals surface area contributed by atoms with Crippen LogP contribution in [-0.4, -0.2) is 12.8 Å². The minimum atomic E-state index is -0.660. The first-order valence-electron chi connectivity index (χ1n) is 6.83. The maximum atomic E-state index is 11.0. The molecule has 1 aromatic heterocycles. The van der Waals surface area contributed by atoms with E-state index in [1.54, 1.807) is 6.92 Å². The quantitative estimate of drug-likeness (QED) is 0.908. The first-order valence-corrected chi connectivity index (χ1v) is 6.83. The van der Waals surface area contributed by atoms with Gasteiger partial charge >= 0.3 is 5.82 Å². The molecule has 1 aromatic carbocycles. The number of fused-ring (bicyclic) bond motifs is 1. The van der Waals surface area contributed by atoms with Gasteiger partial charge in [-0.1, -0.05) is 6.07 Å². The van der Waals surface area contributed by atoms with Crippen LogP contribution < -0.4 is 20.6 Å². The van der Waals surface area contributed by atoms with Gasteiger partial charge in [0, 0.05) is 6.04 Å². The van der Waals surface area contributed by atoms with Crippen LogP contribution in [0.1, 0.15) is 24.0 Å². The zero-order valence-corrected chi connectivity index (χ0v) is 12.0. The average Bonchev–Trinajstić information content (AvgIpc) is 3.02. The van der Waals surface area contributed by atoms with Crippen LogP contribution >= 0.6 is 0 Å². The largest absolute Gasteiger partial charge is 0.519 e. The molecule has 21 heavy (non-hydrogen) atoms. The summed E-state index contributed by atoms with van der Waals surface area (Å²) in [4.78, 5) is 11.0. The SMILES string of the molecule is Cc1oc(=O)oc1CNC(C)Cc1ccc2c(c1)OCO2. The molecule has 1 atom stereocenters. The Balaban J connectivity index is 1.58. The highest BCUT2D eigenvalue weighted by Gasteiger charge is 2.15. The van der Waals surface area contributed by atoms with Crippen LogP contribution in [0, 0.1) is 6.92 Å². The summed E-state index contributed by atoms with van der Waals surface area (Å²) in [5.74, 6) is 1.97. The second-order valence-corrected chi connectivity index (χ2v) is 5.11. The molecule has 2 heterocycles. The van der Waals surface area contributed by atoms with Crippen LogP contribution in [0.3, 0.4) is 0 Å². The predicted molar refractivity (Wildman–Crippen MR) is 74.6 cm³/mol. The van der Waals surface area contributed by atoms with Crippen LogP contribution in [-0.2, 0) is 13.0 Å². The van der Waals surface area contributed by atoms with E-state index in [0.717, 1.165) is 23.5 Å². The number of hydrogen-bond acceptors (Lipinski definition) is 6. The molecule has 0 saturated carbocycles. The van der Waals surface area contributed by atoms with Crippen molar-refractivity contribution in [1.82, 2.24) is 5.32 Å². The van der Waals surface area contributed by atoms with Crippen molar-refractivity contribution in [3.8, 4) is 11.5 Å². The van der Waals surface area contributed by atoms with Crippen LogP contribution in [0.5, 0.6) is 11.5 Å². The van der Waals surface area contributed by atoms with Gasteiger partial charge in [0.1, 0.15) is 5.76 Å². The molecule has 6 nitrogen and oxygen atoms in total. The van der Waals surface area contributed by atoms with E-state index < -0.39 is 5.82 Å². The van der Waals surface area contributed by atoms with E-state index in [9.17, 15) is 4.79 Å². The Morgan fingerprint density at radius 3 is 2.81 bits per heavy atom. The van der Waals surface area contributed by atoms with Gasteiger partial charge in [-0.3, -0.25) is 0 Å². The van der Waals surface area contributed by atoms with Crippen molar-refractivity contribution in [3.63, 3.8) is 0 Å². The van der Waals surface area contributed by atoms with Crippen molar-refractivity contribution in [1.29, 1.82) is 0 Å². The van der Waals surface area contributed by atoms with E-state index in [1.807, 2.05) is 18.2 Å². The van der Waals surface area contributed by atoms with Gasteiger partial charge in [-0.05, 0) is 38.0 Å². The zero-order chi connectivity index (χ0) is 14.8. The highest BCUT2D eigenvalue weighted by Crippen LogP contribution is 2.32. The molecule has 1 aliphatic rings. The smallest absolute Gasteiger partial charge is 0.454 e. The van der Waals surface area contributed by atoms with E-state index in [2.05, 4.69) is 12.2 Å². The van der Waals surface area contributed by atoms with Crippen LogP contribution in [0.2, 0.25) is 0 Å².